The quantitative estimate of drug-likeness (QED) is 0.789. The number of rotatable bonds is 2. The summed E-state index contributed by atoms with van der Waals surface area (Å²) in [4.78, 5) is 29.3. The van der Waals surface area contributed by atoms with E-state index in [-0.39, 0.29) is 30.4 Å². The SMILES string of the molecule is CC(=O)N1CC(C(=O)N2C3C=C(c4ccccc4)CC2CC3)Oc2ccccc21. The molecule has 2 amide bonds. The Balaban J connectivity index is 1.41. The van der Waals surface area contributed by atoms with E-state index in [1.807, 2.05) is 35.2 Å². The van der Waals surface area contributed by atoms with Crippen molar-refractivity contribution in [3.8, 4) is 5.75 Å². The number of fused-ring (bicyclic) bond motifs is 3. The van der Waals surface area contributed by atoms with Gasteiger partial charge in [-0.1, -0.05) is 48.5 Å². The minimum absolute atomic E-state index is 0.0124. The van der Waals surface area contributed by atoms with Gasteiger partial charge in [0.05, 0.1) is 18.3 Å². The maximum Gasteiger partial charge on any atom is 0.266 e. The molecule has 29 heavy (non-hydrogen) atoms. The molecular weight excluding hydrogens is 364 g/mol. The van der Waals surface area contributed by atoms with E-state index < -0.39 is 6.10 Å². The van der Waals surface area contributed by atoms with Crippen LogP contribution in [-0.4, -0.2) is 41.4 Å². The first-order chi connectivity index (χ1) is 14.1. The zero-order chi connectivity index (χ0) is 20.0. The Morgan fingerprint density at radius 1 is 1.00 bits per heavy atom. The number of ether oxygens (including phenoxy) is 1. The fourth-order valence-electron chi connectivity index (χ4n) is 4.87. The molecule has 3 aliphatic rings. The number of hydrogen-bond acceptors (Lipinski definition) is 3. The molecule has 148 valence electrons. The smallest absolute Gasteiger partial charge is 0.266 e. The molecule has 1 fully saturated rings. The van der Waals surface area contributed by atoms with Crippen molar-refractivity contribution in [1.82, 2.24) is 4.90 Å². The van der Waals surface area contributed by atoms with Crippen LogP contribution in [-0.2, 0) is 9.59 Å². The maximum absolute atomic E-state index is 13.5. The Bertz CT molecular complexity index is 985. The number of hydrogen-bond donors (Lipinski definition) is 0. The second-order valence-corrected chi connectivity index (χ2v) is 8.01. The molecule has 0 N–H and O–H groups in total. The van der Waals surface area contributed by atoms with Gasteiger partial charge in [0.15, 0.2) is 6.10 Å². The molecule has 5 nitrogen and oxygen atoms in total. The molecule has 2 aromatic rings. The normalized spacial score (nSPS) is 25.1. The molecule has 3 unspecified atom stereocenters. The lowest BCUT2D eigenvalue weighted by Gasteiger charge is -2.39. The fourth-order valence-corrected chi connectivity index (χ4v) is 4.87. The number of nitrogens with zero attached hydrogens (tertiary/aromatic N) is 2. The van der Waals surface area contributed by atoms with Crippen molar-refractivity contribution < 1.29 is 14.3 Å². The van der Waals surface area contributed by atoms with Crippen LogP contribution in [0.2, 0.25) is 0 Å². The van der Waals surface area contributed by atoms with Crippen LogP contribution in [0.3, 0.4) is 0 Å². The van der Waals surface area contributed by atoms with E-state index in [0.29, 0.717) is 5.75 Å². The standard InChI is InChI=1S/C24H24N2O3/c1-16(27)25-15-23(29-22-10-6-5-9-21(22)25)24(28)26-19-11-12-20(26)14-18(13-19)17-7-3-2-4-8-17/h2-10,13,19-20,23H,11-12,14-15H2,1H3. The third-order valence-corrected chi connectivity index (χ3v) is 6.22. The Labute approximate surface area is 170 Å². The van der Waals surface area contributed by atoms with Crippen LogP contribution < -0.4 is 9.64 Å². The van der Waals surface area contributed by atoms with Gasteiger partial charge in [-0.25, -0.2) is 0 Å². The molecule has 3 heterocycles. The molecule has 5 heteroatoms. The maximum atomic E-state index is 13.5. The van der Waals surface area contributed by atoms with Gasteiger partial charge in [0, 0.05) is 13.0 Å². The molecule has 0 saturated carbocycles. The summed E-state index contributed by atoms with van der Waals surface area (Å²) in [5.41, 5.74) is 3.29. The molecule has 0 spiro atoms. The highest BCUT2D eigenvalue weighted by atomic mass is 16.5. The van der Waals surface area contributed by atoms with Gasteiger partial charge >= 0.3 is 0 Å². The molecule has 1 saturated heterocycles. The van der Waals surface area contributed by atoms with E-state index in [2.05, 4.69) is 30.3 Å². The molecule has 0 aromatic heterocycles. The number of anilines is 1. The minimum Gasteiger partial charge on any atom is -0.476 e. The van der Waals surface area contributed by atoms with E-state index in [4.69, 9.17) is 4.74 Å². The average Bonchev–Trinajstić information content (AvgIpc) is 3.01. The van der Waals surface area contributed by atoms with Crippen LogP contribution in [0.25, 0.3) is 5.57 Å². The summed E-state index contributed by atoms with van der Waals surface area (Å²) in [6.07, 6.45) is 4.43. The van der Waals surface area contributed by atoms with Gasteiger partial charge in [0.1, 0.15) is 5.75 Å². The molecule has 2 bridgehead atoms. The van der Waals surface area contributed by atoms with Gasteiger partial charge in [-0.2, -0.15) is 0 Å². The summed E-state index contributed by atoms with van der Waals surface area (Å²) < 4.78 is 6.06. The van der Waals surface area contributed by atoms with Crippen LogP contribution >= 0.6 is 0 Å². The number of para-hydroxylation sites is 2. The lowest BCUT2D eigenvalue weighted by atomic mass is 9.94. The lowest BCUT2D eigenvalue weighted by molar-refractivity contribution is -0.141. The highest BCUT2D eigenvalue weighted by molar-refractivity contribution is 5.96. The van der Waals surface area contributed by atoms with Crippen molar-refractivity contribution in [1.29, 1.82) is 0 Å². The molecule has 3 atom stereocenters. The molecule has 0 radical (unpaired) electrons. The van der Waals surface area contributed by atoms with Gasteiger partial charge in [0.2, 0.25) is 5.91 Å². The minimum atomic E-state index is -0.663. The van der Waals surface area contributed by atoms with Gasteiger partial charge in [-0.15, -0.1) is 0 Å². The van der Waals surface area contributed by atoms with Crippen molar-refractivity contribution in [2.45, 2.75) is 44.4 Å². The Morgan fingerprint density at radius 3 is 2.52 bits per heavy atom. The number of benzene rings is 2. The molecular formula is C24H24N2O3. The van der Waals surface area contributed by atoms with E-state index in [9.17, 15) is 9.59 Å². The van der Waals surface area contributed by atoms with E-state index in [1.54, 1.807) is 4.90 Å². The Hall–Kier alpha value is -3.08. The Morgan fingerprint density at radius 2 is 1.76 bits per heavy atom. The average molecular weight is 388 g/mol. The molecule has 3 aliphatic heterocycles. The van der Waals surface area contributed by atoms with E-state index in [1.165, 1.54) is 18.1 Å². The topological polar surface area (TPSA) is 49.9 Å². The van der Waals surface area contributed by atoms with Gasteiger partial charge in [-0.05, 0) is 42.5 Å². The van der Waals surface area contributed by atoms with E-state index in [0.717, 1.165) is 24.9 Å². The Kier molecular flexibility index (Phi) is 4.38. The predicted octanol–water partition coefficient (Wildman–Crippen LogP) is 3.65. The third kappa shape index (κ3) is 3.11. The van der Waals surface area contributed by atoms with Crippen LogP contribution in [0.1, 0.15) is 31.7 Å². The highest BCUT2D eigenvalue weighted by Gasteiger charge is 2.44. The summed E-state index contributed by atoms with van der Waals surface area (Å²) in [7, 11) is 0. The second-order valence-electron chi connectivity index (χ2n) is 8.01. The predicted molar refractivity (Wildman–Crippen MR) is 112 cm³/mol. The first-order valence-electron chi connectivity index (χ1n) is 10.2. The summed E-state index contributed by atoms with van der Waals surface area (Å²) >= 11 is 0. The van der Waals surface area contributed by atoms with Gasteiger partial charge in [-0.3, -0.25) is 9.59 Å². The fraction of sp³-hybridized carbons (Fsp3) is 0.333. The van der Waals surface area contributed by atoms with Crippen molar-refractivity contribution in [2.24, 2.45) is 0 Å². The van der Waals surface area contributed by atoms with Crippen LogP contribution in [0.5, 0.6) is 5.75 Å². The molecule has 5 rings (SSSR count). The highest BCUT2D eigenvalue weighted by Crippen LogP contribution is 2.40. The van der Waals surface area contributed by atoms with Crippen LogP contribution in [0, 0.1) is 0 Å². The summed E-state index contributed by atoms with van der Waals surface area (Å²) in [6, 6.07) is 18.1. The second kappa shape index (κ2) is 7.07. The zero-order valence-corrected chi connectivity index (χ0v) is 16.5. The number of amides is 2. The van der Waals surface area contributed by atoms with Crippen molar-refractivity contribution in [2.75, 3.05) is 11.4 Å². The number of carbonyl (C=O) groups excluding carboxylic acids is 2. The van der Waals surface area contributed by atoms with Crippen molar-refractivity contribution >= 4 is 23.1 Å². The first kappa shape index (κ1) is 18.0. The lowest BCUT2D eigenvalue weighted by Crippen LogP contribution is -2.55. The van der Waals surface area contributed by atoms with Crippen LogP contribution in [0.4, 0.5) is 5.69 Å². The van der Waals surface area contributed by atoms with Crippen LogP contribution in [0.15, 0.2) is 60.7 Å². The summed E-state index contributed by atoms with van der Waals surface area (Å²) in [5.74, 6) is 0.505. The molecule has 0 aliphatic carbocycles. The summed E-state index contributed by atoms with van der Waals surface area (Å²) in [5, 5.41) is 0. The summed E-state index contributed by atoms with van der Waals surface area (Å²) in [6.45, 7) is 1.79. The monoisotopic (exact) mass is 388 g/mol. The third-order valence-electron chi connectivity index (χ3n) is 6.22. The molecule has 2 aromatic carbocycles. The largest absolute Gasteiger partial charge is 0.476 e. The number of carbonyl (C=O) groups is 2. The zero-order valence-electron chi connectivity index (χ0n) is 16.5. The van der Waals surface area contributed by atoms with Gasteiger partial charge in [0.25, 0.3) is 5.91 Å². The van der Waals surface area contributed by atoms with Crippen molar-refractivity contribution in [3.63, 3.8) is 0 Å². The van der Waals surface area contributed by atoms with E-state index >= 15 is 0 Å². The van der Waals surface area contributed by atoms with Crippen molar-refractivity contribution in [3.05, 3.63) is 66.2 Å². The van der Waals surface area contributed by atoms with Gasteiger partial charge < -0.3 is 14.5 Å². The first-order valence-corrected chi connectivity index (χ1v) is 10.2.